The second-order valence-electron chi connectivity index (χ2n) is 8.01. The van der Waals surface area contributed by atoms with E-state index in [-0.39, 0.29) is 18.2 Å². The number of amides is 1. The molecular weight excluding hydrogens is 412 g/mol. The number of anilines is 1. The van der Waals surface area contributed by atoms with Crippen molar-refractivity contribution in [2.45, 2.75) is 26.3 Å². The molecule has 0 aromatic heterocycles. The second-order valence-corrected chi connectivity index (χ2v) is 9.94. The van der Waals surface area contributed by atoms with Gasteiger partial charge in [0.15, 0.2) is 9.84 Å². The second kappa shape index (κ2) is 10.1. The number of hydrogen-bond acceptors (Lipinski definition) is 5. The standard InChI is InChI=1S/C24H30N2O4S/c1-19-10-11-21(16-20(19)2)26(22-12-15-31(28,29)18-22)24(27)17-25(3)13-7-14-30-23-8-5-4-6-9-23/h4-6,8-12,15-16,22H,7,13-14,17-18H2,1-3H3. The van der Waals surface area contributed by atoms with Gasteiger partial charge in [0.1, 0.15) is 5.75 Å². The average Bonchev–Trinajstić information content (AvgIpc) is 3.08. The summed E-state index contributed by atoms with van der Waals surface area (Å²) in [6, 6.07) is 14.9. The van der Waals surface area contributed by atoms with Gasteiger partial charge in [-0.2, -0.15) is 0 Å². The lowest BCUT2D eigenvalue weighted by molar-refractivity contribution is -0.119. The molecule has 31 heavy (non-hydrogen) atoms. The first-order valence-corrected chi connectivity index (χ1v) is 12.1. The minimum absolute atomic E-state index is 0.0830. The Morgan fingerprint density at radius 3 is 2.48 bits per heavy atom. The first kappa shape index (κ1) is 23.0. The smallest absolute Gasteiger partial charge is 0.241 e. The number of carbonyl (C=O) groups is 1. The first-order valence-electron chi connectivity index (χ1n) is 10.4. The summed E-state index contributed by atoms with van der Waals surface area (Å²) >= 11 is 0. The molecule has 0 bridgehead atoms. The van der Waals surface area contributed by atoms with Gasteiger partial charge in [0, 0.05) is 17.6 Å². The van der Waals surface area contributed by atoms with Gasteiger partial charge in [0.05, 0.1) is 24.9 Å². The van der Waals surface area contributed by atoms with Gasteiger partial charge in [0.2, 0.25) is 5.91 Å². The van der Waals surface area contributed by atoms with Crippen LogP contribution in [0.25, 0.3) is 0 Å². The molecule has 0 saturated carbocycles. The van der Waals surface area contributed by atoms with E-state index in [9.17, 15) is 13.2 Å². The molecule has 7 heteroatoms. The Labute approximate surface area is 185 Å². The molecule has 6 nitrogen and oxygen atoms in total. The van der Waals surface area contributed by atoms with Crippen molar-refractivity contribution < 1.29 is 17.9 Å². The predicted molar refractivity (Wildman–Crippen MR) is 124 cm³/mol. The number of sulfone groups is 1. The molecule has 1 heterocycles. The van der Waals surface area contributed by atoms with Crippen LogP contribution >= 0.6 is 0 Å². The van der Waals surface area contributed by atoms with Gasteiger partial charge in [-0.25, -0.2) is 8.42 Å². The summed E-state index contributed by atoms with van der Waals surface area (Å²) in [5.74, 6) is 0.623. The Balaban J connectivity index is 1.62. The molecule has 2 aromatic rings. The van der Waals surface area contributed by atoms with E-state index in [1.807, 2.05) is 74.3 Å². The highest BCUT2D eigenvalue weighted by Gasteiger charge is 2.31. The van der Waals surface area contributed by atoms with Crippen LogP contribution in [0.2, 0.25) is 0 Å². The zero-order valence-electron chi connectivity index (χ0n) is 18.3. The minimum atomic E-state index is -3.28. The van der Waals surface area contributed by atoms with E-state index >= 15 is 0 Å². The zero-order chi connectivity index (χ0) is 22.4. The van der Waals surface area contributed by atoms with Crippen LogP contribution in [0.5, 0.6) is 5.75 Å². The van der Waals surface area contributed by atoms with Crippen LogP contribution in [-0.4, -0.2) is 57.8 Å². The van der Waals surface area contributed by atoms with E-state index in [0.29, 0.717) is 13.2 Å². The summed E-state index contributed by atoms with van der Waals surface area (Å²) in [5.41, 5.74) is 2.91. The third-order valence-electron chi connectivity index (χ3n) is 5.38. The van der Waals surface area contributed by atoms with Crippen LogP contribution < -0.4 is 9.64 Å². The number of benzene rings is 2. The lowest BCUT2D eigenvalue weighted by Gasteiger charge is -2.30. The number of ether oxygens (including phenoxy) is 1. The van der Waals surface area contributed by atoms with Gasteiger partial charge in [0.25, 0.3) is 0 Å². The highest BCUT2D eigenvalue weighted by Crippen LogP contribution is 2.25. The average molecular weight is 443 g/mol. The van der Waals surface area contributed by atoms with E-state index in [2.05, 4.69) is 0 Å². The lowest BCUT2D eigenvalue weighted by atomic mass is 10.1. The molecule has 1 amide bonds. The van der Waals surface area contributed by atoms with Crippen molar-refractivity contribution in [2.24, 2.45) is 0 Å². The molecule has 3 rings (SSSR count). The number of carbonyl (C=O) groups excluding carboxylic acids is 1. The fourth-order valence-electron chi connectivity index (χ4n) is 3.54. The van der Waals surface area contributed by atoms with Gasteiger partial charge >= 0.3 is 0 Å². The summed E-state index contributed by atoms with van der Waals surface area (Å²) in [7, 11) is -1.39. The molecule has 1 unspecified atom stereocenters. The Morgan fingerprint density at radius 1 is 1.10 bits per heavy atom. The number of rotatable bonds is 9. The Bertz CT molecular complexity index is 1030. The number of nitrogens with zero attached hydrogens (tertiary/aromatic N) is 2. The van der Waals surface area contributed by atoms with E-state index in [4.69, 9.17) is 4.74 Å². The molecule has 0 fully saturated rings. The Morgan fingerprint density at radius 2 is 1.84 bits per heavy atom. The van der Waals surface area contributed by atoms with E-state index in [1.54, 1.807) is 11.0 Å². The number of aryl methyl sites for hydroxylation is 2. The molecule has 166 valence electrons. The summed E-state index contributed by atoms with van der Waals surface area (Å²) in [4.78, 5) is 16.8. The molecule has 0 saturated heterocycles. The minimum Gasteiger partial charge on any atom is -0.494 e. The fourth-order valence-corrected chi connectivity index (χ4v) is 4.81. The van der Waals surface area contributed by atoms with Crippen molar-refractivity contribution in [3.63, 3.8) is 0 Å². The predicted octanol–water partition coefficient (Wildman–Crippen LogP) is 3.35. The fraction of sp³-hybridized carbons (Fsp3) is 0.375. The lowest BCUT2D eigenvalue weighted by Crippen LogP contribution is -2.46. The van der Waals surface area contributed by atoms with Crippen molar-refractivity contribution in [3.05, 3.63) is 71.1 Å². The van der Waals surface area contributed by atoms with Crippen LogP contribution in [0.15, 0.2) is 60.0 Å². The van der Waals surface area contributed by atoms with Gasteiger partial charge < -0.3 is 9.64 Å². The monoisotopic (exact) mass is 442 g/mol. The molecule has 2 aromatic carbocycles. The zero-order valence-corrected chi connectivity index (χ0v) is 19.1. The quantitative estimate of drug-likeness (QED) is 0.557. The highest BCUT2D eigenvalue weighted by molar-refractivity contribution is 7.94. The van der Waals surface area contributed by atoms with E-state index in [1.165, 1.54) is 5.41 Å². The van der Waals surface area contributed by atoms with E-state index < -0.39 is 15.9 Å². The SMILES string of the molecule is Cc1ccc(N(C(=O)CN(C)CCCOc2ccccc2)C2C=CS(=O)(=O)C2)cc1C. The van der Waals surface area contributed by atoms with Crippen LogP contribution in [0.4, 0.5) is 5.69 Å². The Kier molecular flexibility index (Phi) is 7.51. The third-order valence-corrected chi connectivity index (χ3v) is 6.76. The highest BCUT2D eigenvalue weighted by atomic mass is 32.2. The van der Waals surface area contributed by atoms with Crippen molar-refractivity contribution in [1.82, 2.24) is 4.90 Å². The summed E-state index contributed by atoms with van der Waals surface area (Å²) in [5, 5.41) is 1.21. The van der Waals surface area contributed by atoms with Crippen molar-refractivity contribution in [2.75, 3.05) is 37.4 Å². The van der Waals surface area contributed by atoms with Gasteiger partial charge in [-0.1, -0.05) is 24.3 Å². The van der Waals surface area contributed by atoms with Crippen LogP contribution in [0.3, 0.4) is 0 Å². The van der Waals surface area contributed by atoms with E-state index in [0.717, 1.165) is 29.0 Å². The number of hydrogen-bond donors (Lipinski definition) is 0. The van der Waals surface area contributed by atoms with Gasteiger partial charge in [-0.05, 0) is 68.8 Å². The summed E-state index contributed by atoms with van der Waals surface area (Å²) < 4.78 is 29.7. The maximum Gasteiger partial charge on any atom is 0.241 e. The molecule has 1 aliphatic heterocycles. The molecule has 1 atom stereocenters. The Hall–Kier alpha value is -2.64. The van der Waals surface area contributed by atoms with Crippen molar-refractivity contribution in [1.29, 1.82) is 0 Å². The maximum atomic E-state index is 13.2. The van der Waals surface area contributed by atoms with Crippen LogP contribution in [-0.2, 0) is 14.6 Å². The normalized spacial score (nSPS) is 17.1. The molecule has 0 spiro atoms. The summed E-state index contributed by atoms with van der Waals surface area (Å²) in [6.07, 6.45) is 2.39. The maximum absolute atomic E-state index is 13.2. The topological polar surface area (TPSA) is 66.9 Å². The van der Waals surface area contributed by atoms with Crippen molar-refractivity contribution in [3.8, 4) is 5.75 Å². The molecule has 1 aliphatic rings. The van der Waals surface area contributed by atoms with Crippen LogP contribution in [0.1, 0.15) is 17.5 Å². The molecule has 0 aliphatic carbocycles. The molecule has 0 N–H and O–H groups in total. The third kappa shape index (κ3) is 6.42. The van der Waals surface area contributed by atoms with Crippen LogP contribution in [0, 0.1) is 13.8 Å². The molecular formula is C24H30N2O4S. The van der Waals surface area contributed by atoms with Gasteiger partial charge in [-0.3, -0.25) is 9.69 Å². The molecule has 0 radical (unpaired) electrons. The first-order chi connectivity index (χ1) is 14.7. The number of para-hydroxylation sites is 1. The number of likely N-dealkylation sites (N-methyl/N-ethyl adjacent to an activating group) is 1. The summed E-state index contributed by atoms with van der Waals surface area (Å²) in [6.45, 7) is 5.45. The van der Waals surface area contributed by atoms with Crippen molar-refractivity contribution >= 4 is 21.4 Å². The largest absolute Gasteiger partial charge is 0.494 e. The van der Waals surface area contributed by atoms with Gasteiger partial charge in [-0.15, -0.1) is 0 Å².